The number of nitrogens with zero attached hydrogens (tertiary/aromatic N) is 1. The van der Waals surface area contributed by atoms with E-state index < -0.39 is 0 Å². The summed E-state index contributed by atoms with van der Waals surface area (Å²) >= 11 is 0. The van der Waals surface area contributed by atoms with Crippen LogP contribution in [-0.2, 0) is 5.41 Å². The van der Waals surface area contributed by atoms with Gasteiger partial charge in [-0.25, -0.2) is 0 Å². The molecule has 4 aliphatic rings. The van der Waals surface area contributed by atoms with Gasteiger partial charge in [0.15, 0.2) is 0 Å². The minimum Gasteiger partial charge on any atom is -0.439 e. The zero-order valence-corrected chi connectivity index (χ0v) is 18.1. The molecule has 6 aromatic rings. The van der Waals surface area contributed by atoms with Gasteiger partial charge in [0.25, 0.3) is 0 Å². The van der Waals surface area contributed by atoms with Crippen LogP contribution in [0.2, 0.25) is 0 Å². The zero-order chi connectivity index (χ0) is 20.6. The quantitative estimate of drug-likeness (QED) is 0.265. The second-order valence-corrected chi connectivity index (χ2v) is 11.2. The summed E-state index contributed by atoms with van der Waals surface area (Å²) in [6.45, 7) is 0. The van der Waals surface area contributed by atoms with Gasteiger partial charge < -0.3 is 4.42 Å². The van der Waals surface area contributed by atoms with Gasteiger partial charge in [0.05, 0.1) is 16.4 Å². The smallest absolute Gasteiger partial charge is 0.213 e. The predicted molar refractivity (Wildman–Crippen MR) is 131 cm³/mol. The highest BCUT2D eigenvalue weighted by atomic mass is 16.3. The molecule has 3 heterocycles. The van der Waals surface area contributed by atoms with Crippen LogP contribution in [-0.4, -0.2) is 4.40 Å². The Morgan fingerprint density at radius 1 is 0.719 bits per heavy atom. The minimum atomic E-state index is 0.394. The molecule has 10 rings (SSSR count). The van der Waals surface area contributed by atoms with E-state index in [2.05, 4.69) is 65.1 Å². The molecule has 156 valence electrons. The molecular formula is C30H25NO. The van der Waals surface area contributed by atoms with Crippen molar-refractivity contribution in [2.24, 2.45) is 17.8 Å². The lowest BCUT2D eigenvalue weighted by atomic mass is 9.48. The van der Waals surface area contributed by atoms with Gasteiger partial charge in [0, 0.05) is 21.5 Å². The van der Waals surface area contributed by atoms with E-state index >= 15 is 0 Å². The molecule has 0 aliphatic heterocycles. The second-order valence-electron chi connectivity index (χ2n) is 11.2. The highest BCUT2D eigenvalue weighted by Gasteiger charge is 2.51. The number of fused-ring (bicyclic) bond motifs is 8. The molecule has 0 radical (unpaired) electrons. The fourth-order valence-corrected chi connectivity index (χ4v) is 8.72. The van der Waals surface area contributed by atoms with E-state index in [1.165, 1.54) is 76.5 Å². The Kier molecular flexibility index (Phi) is 2.76. The lowest BCUT2D eigenvalue weighted by Gasteiger charge is -2.57. The molecule has 0 unspecified atom stereocenters. The number of furan rings is 1. The van der Waals surface area contributed by atoms with Crippen LogP contribution >= 0.6 is 0 Å². The van der Waals surface area contributed by atoms with Crippen molar-refractivity contribution < 1.29 is 4.42 Å². The average Bonchev–Trinajstić information content (AvgIpc) is 3.43. The number of para-hydroxylation sites is 2. The molecule has 3 aromatic carbocycles. The van der Waals surface area contributed by atoms with Gasteiger partial charge in [0.2, 0.25) is 5.71 Å². The summed E-state index contributed by atoms with van der Waals surface area (Å²) in [6.07, 6.45) is 8.68. The van der Waals surface area contributed by atoms with Gasteiger partial charge in [-0.15, -0.1) is 0 Å². The molecule has 4 saturated carbocycles. The summed E-state index contributed by atoms with van der Waals surface area (Å²) in [5.74, 6) is 2.87. The van der Waals surface area contributed by atoms with Gasteiger partial charge in [0.1, 0.15) is 5.58 Å². The maximum atomic E-state index is 6.50. The van der Waals surface area contributed by atoms with Crippen LogP contribution < -0.4 is 0 Å². The van der Waals surface area contributed by atoms with Crippen LogP contribution in [0.25, 0.3) is 49.3 Å². The van der Waals surface area contributed by atoms with Gasteiger partial charge in [-0.1, -0.05) is 36.4 Å². The highest BCUT2D eigenvalue weighted by Crippen LogP contribution is 2.61. The van der Waals surface area contributed by atoms with E-state index in [9.17, 15) is 0 Å². The average molecular weight is 416 g/mol. The van der Waals surface area contributed by atoms with E-state index in [1.807, 2.05) is 0 Å². The summed E-state index contributed by atoms with van der Waals surface area (Å²) in [5.41, 5.74) is 6.62. The van der Waals surface area contributed by atoms with Crippen molar-refractivity contribution in [3.8, 4) is 0 Å². The van der Waals surface area contributed by atoms with E-state index in [4.69, 9.17) is 4.42 Å². The maximum Gasteiger partial charge on any atom is 0.213 e. The third-order valence-electron chi connectivity index (χ3n) is 9.47. The van der Waals surface area contributed by atoms with Gasteiger partial charge in [-0.3, -0.25) is 4.40 Å². The molecule has 4 bridgehead atoms. The fraction of sp³-hybridized carbons (Fsp3) is 0.333. The first-order valence-corrected chi connectivity index (χ1v) is 12.4. The zero-order valence-electron chi connectivity index (χ0n) is 18.1. The third-order valence-corrected chi connectivity index (χ3v) is 9.47. The molecule has 0 spiro atoms. The summed E-state index contributed by atoms with van der Waals surface area (Å²) in [7, 11) is 0. The number of aromatic nitrogens is 1. The molecule has 2 nitrogen and oxygen atoms in total. The van der Waals surface area contributed by atoms with Crippen molar-refractivity contribution in [2.75, 3.05) is 0 Å². The Labute approximate surface area is 186 Å². The van der Waals surface area contributed by atoms with Crippen molar-refractivity contribution >= 4 is 49.3 Å². The summed E-state index contributed by atoms with van der Waals surface area (Å²) < 4.78 is 8.89. The Morgan fingerprint density at radius 2 is 1.38 bits per heavy atom. The minimum absolute atomic E-state index is 0.394. The fourth-order valence-electron chi connectivity index (χ4n) is 8.72. The van der Waals surface area contributed by atoms with E-state index in [1.54, 1.807) is 5.56 Å². The normalized spacial score (nSPS) is 29.6. The predicted octanol–water partition coefficient (Wildman–Crippen LogP) is 8.05. The molecular weight excluding hydrogens is 390 g/mol. The summed E-state index contributed by atoms with van der Waals surface area (Å²) in [5, 5.41) is 6.72. The van der Waals surface area contributed by atoms with Crippen LogP contribution in [0.15, 0.2) is 65.1 Å². The van der Waals surface area contributed by atoms with E-state index in [0.717, 1.165) is 29.1 Å². The Morgan fingerprint density at radius 3 is 2.16 bits per heavy atom. The van der Waals surface area contributed by atoms with Gasteiger partial charge in [-0.2, -0.15) is 0 Å². The molecule has 32 heavy (non-hydrogen) atoms. The Bertz CT molecular complexity index is 1670. The standard InChI is InChI=1S/C30H25NO/c1-3-7-25-21(5-1)23-12-20(30-14-17-9-18(15-30)11-19(10-17)16-30)13-24-27-22-6-2-4-8-26(22)32-29(27)31(25)28(23)24/h1-8,12-13,17-19H,9-11,14-16H2. The van der Waals surface area contributed by atoms with Crippen LogP contribution in [0, 0.1) is 17.8 Å². The maximum absolute atomic E-state index is 6.50. The highest BCUT2D eigenvalue weighted by molar-refractivity contribution is 6.28. The molecule has 0 amide bonds. The lowest BCUT2D eigenvalue weighted by molar-refractivity contribution is -0.00508. The first-order chi connectivity index (χ1) is 15.8. The largest absolute Gasteiger partial charge is 0.439 e. The summed E-state index contributed by atoms with van der Waals surface area (Å²) in [4.78, 5) is 0. The van der Waals surface area contributed by atoms with Gasteiger partial charge in [-0.05, 0) is 91.5 Å². The van der Waals surface area contributed by atoms with Crippen molar-refractivity contribution in [1.82, 2.24) is 4.40 Å². The number of benzene rings is 3. The monoisotopic (exact) mass is 415 g/mol. The Balaban J connectivity index is 1.47. The van der Waals surface area contributed by atoms with Crippen molar-refractivity contribution in [1.29, 1.82) is 0 Å². The van der Waals surface area contributed by atoms with Crippen LogP contribution in [0.1, 0.15) is 44.1 Å². The van der Waals surface area contributed by atoms with Crippen LogP contribution in [0.5, 0.6) is 0 Å². The number of hydrogen-bond acceptors (Lipinski definition) is 1. The molecule has 4 fully saturated rings. The number of hydrogen-bond donors (Lipinski definition) is 0. The van der Waals surface area contributed by atoms with Crippen LogP contribution in [0.4, 0.5) is 0 Å². The molecule has 4 aliphatic carbocycles. The molecule has 0 saturated heterocycles. The van der Waals surface area contributed by atoms with Crippen molar-refractivity contribution in [2.45, 2.75) is 43.9 Å². The first-order valence-electron chi connectivity index (χ1n) is 12.4. The molecule has 3 aromatic heterocycles. The SMILES string of the molecule is c1ccc2c(c1)oc1c2c2cc(C34CC5CC(CC(C5)C3)C4)cc3c4ccccc4n1c32. The molecule has 2 heteroatoms. The number of rotatable bonds is 1. The third kappa shape index (κ3) is 1.83. The van der Waals surface area contributed by atoms with Crippen molar-refractivity contribution in [3.05, 3.63) is 66.2 Å². The summed E-state index contributed by atoms with van der Waals surface area (Å²) in [6, 6.07) is 22.6. The van der Waals surface area contributed by atoms with E-state index in [-0.39, 0.29) is 0 Å². The molecule has 0 atom stereocenters. The van der Waals surface area contributed by atoms with Crippen molar-refractivity contribution in [3.63, 3.8) is 0 Å². The van der Waals surface area contributed by atoms with Gasteiger partial charge >= 0.3 is 0 Å². The topological polar surface area (TPSA) is 17.6 Å². The van der Waals surface area contributed by atoms with Crippen LogP contribution in [0.3, 0.4) is 0 Å². The lowest BCUT2D eigenvalue weighted by Crippen LogP contribution is -2.48. The first kappa shape index (κ1) is 16.6. The van der Waals surface area contributed by atoms with E-state index in [0.29, 0.717) is 5.41 Å². The second kappa shape index (κ2) is 5.31. The Hall–Kier alpha value is -3.00. The molecule has 0 N–H and O–H groups in total.